The molecule has 1 fully saturated rings. The average molecular weight is 280 g/mol. The molecule has 0 aliphatic carbocycles. The molecular weight excluding hydrogens is 252 g/mol. The summed E-state index contributed by atoms with van der Waals surface area (Å²) in [5.74, 6) is 0. The first kappa shape index (κ1) is 15.5. The van der Waals surface area contributed by atoms with Crippen molar-refractivity contribution in [2.45, 2.75) is 26.3 Å². The van der Waals surface area contributed by atoms with Crippen LogP contribution in [-0.4, -0.2) is 54.6 Å². The number of aromatic nitrogens is 2. The molecular formula is C15H28N4O. The summed E-state index contributed by atoms with van der Waals surface area (Å²) in [6, 6.07) is 0. The topological polar surface area (TPSA) is 42.3 Å². The number of rotatable bonds is 7. The van der Waals surface area contributed by atoms with Crippen LogP contribution in [0, 0.1) is 5.41 Å². The lowest BCUT2D eigenvalue weighted by molar-refractivity contribution is -0.0234. The van der Waals surface area contributed by atoms with Crippen molar-refractivity contribution in [1.29, 1.82) is 0 Å². The molecule has 20 heavy (non-hydrogen) atoms. The van der Waals surface area contributed by atoms with Gasteiger partial charge < -0.3 is 15.0 Å². The molecule has 2 heterocycles. The van der Waals surface area contributed by atoms with Crippen LogP contribution in [0.2, 0.25) is 0 Å². The Morgan fingerprint density at radius 1 is 1.55 bits per heavy atom. The Balaban J connectivity index is 1.92. The van der Waals surface area contributed by atoms with E-state index in [1.54, 1.807) is 0 Å². The van der Waals surface area contributed by atoms with Crippen LogP contribution in [0.3, 0.4) is 0 Å². The summed E-state index contributed by atoms with van der Waals surface area (Å²) in [5, 5.41) is 7.75. The lowest BCUT2D eigenvalue weighted by Gasteiger charge is -2.40. The normalized spacial score (nSPS) is 23.4. The molecule has 2 rings (SSSR count). The molecule has 1 aromatic rings. The number of nitrogens with one attached hydrogen (secondary N) is 1. The Hall–Kier alpha value is -0.910. The number of hydrogen-bond donors (Lipinski definition) is 1. The zero-order valence-corrected chi connectivity index (χ0v) is 13.1. The van der Waals surface area contributed by atoms with Gasteiger partial charge in [-0.25, -0.2) is 0 Å². The van der Waals surface area contributed by atoms with E-state index in [2.05, 4.69) is 35.5 Å². The minimum atomic E-state index is 0.255. The van der Waals surface area contributed by atoms with Crippen LogP contribution >= 0.6 is 0 Å². The van der Waals surface area contributed by atoms with Crippen molar-refractivity contribution in [3.8, 4) is 0 Å². The molecule has 5 heteroatoms. The molecule has 0 bridgehead atoms. The molecule has 1 aliphatic rings. The highest BCUT2D eigenvalue weighted by molar-refractivity contribution is 5.03. The minimum Gasteiger partial charge on any atom is -0.381 e. The lowest BCUT2D eigenvalue weighted by atomic mass is 9.81. The Labute approximate surface area is 122 Å². The van der Waals surface area contributed by atoms with Crippen molar-refractivity contribution in [2.75, 3.05) is 39.9 Å². The Morgan fingerprint density at radius 3 is 3.00 bits per heavy atom. The maximum absolute atomic E-state index is 5.75. The van der Waals surface area contributed by atoms with E-state index in [0.29, 0.717) is 0 Å². The first-order valence-corrected chi connectivity index (χ1v) is 7.58. The van der Waals surface area contributed by atoms with E-state index in [9.17, 15) is 0 Å². The lowest BCUT2D eigenvalue weighted by Crippen LogP contribution is -2.48. The average Bonchev–Trinajstić information content (AvgIpc) is 2.82. The highest BCUT2D eigenvalue weighted by atomic mass is 16.5. The van der Waals surface area contributed by atoms with Crippen molar-refractivity contribution in [2.24, 2.45) is 12.5 Å². The largest absolute Gasteiger partial charge is 0.381 e. The van der Waals surface area contributed by atoms with Gasteiger partial charge in [0.15, 0.2) is 0 Å². The van der Waals surface area contributed by atoms with Gasteiger partial charge in [-0.05, 0) is 26.4 Å². The van der Waals surface area contributed by atoms with E-state index < -0.39 is 0 Å². The van der Waals surface area contributed by atoms with Crippen molar-refractivity contribution in [1.82, 2.24) is 20.0 Å². The van der Waals surface area contributed by atoms with E-state index in [1.165, 1.54) is 18.4 Å². The van der Waals surface area contributed by atoms with Crippen LogP contribution in [0.15, 0.2) is 12.4 Å². The summed E-state index contributed by atoms with van der Waals surface area (Å²) in [5.41, 5.74) is 1.52. The summed E-state index contributed by atoms with van der Waals surface area (Å²) in [7, 11) is 4.15. The number of nitrogens with zero attached hydrogens (tertiary/aromatic N) is 3. The van der Waals surface area contributed by atoms with E-state index in [0.717, 1.165) is 39.4 Å². The fourth-order valence-electron chi connectivity index (χ4n) is 3.11. The zero-order valence-electron chi connectivity index (χ0n) is 13.1. The van der Waals surface area contributed by atoms with Crippen molar-refractivity contribution in [3.05, 3.63) is 18.0 Å². The summed E-state index contributed by atoms with van der Waals surface area (Å²) in [4.78, 5) is 2.39. The molecule has 0 spiro atoms. The van der Waals surface area contributed by atoms with E-state index in [-0.39, 0.29) is 5.41 Å². The van der Waals surface area contributed by atoms with Crippen LogP contribution in [0.25, 0.3) is 0 Å². The maximum atomic E-state index is 5.75. The predicted molar refractivity (Wildman–Crippen MR) is 80.6 cm³/mol. The number of hydrogen-bond acceptors (Lipinski definition) is 4. The molecule has 1 aliphatic heterocycles. The SMILES string of the molecule is CCNCC1(CN(C)Cc2cnn(C)c2)CCCOC1. The third-order valence-electron chi connectivity index (χ3n) is 3.97. The molecule has 1 saturated heterocycles. The summed E-state index contributed by atoms with van der Waals surface area (Å²) >= 11 is 0. The smallest absolute Gasteiger partial charge is 0.0546 e. The Kier molecular flexibility index (Phi) is 5.57. The zero-order chi connectivity index (χ0) is 14.4. The molecule has 1 unspecified atom stereocenters. The van der Waals surface area contributed by atoms with Crippen LogP contribution in [0.4, 0.5) is 0 Å². The van der Waals surface area contributed by atoms with Gasteiger partial charge in [-0.15, -0.1) is 0 Å². The number of ether oxygens (including phenoxy) is 1. The van der Waals surface area contributed by atoms with Gasteiger partial charge in [-0.1, -0.05) is 6.92 Å². The van der Waals surface area contributed by atoms with E-state index in [4.69, 9.17) is 4.74 Å². The van der Waals surface area contributed by atoms with Crippen molar-refractivity contribution < 1.29 is 4.74 Å². The fourth-order valence-corrected chi connectivity index (χ4v) is 3.11. The van der Waals surface area contributed by atoms with Crippen LogP contribution < -0.4 is 5.32 Å². The molecule has 0 saturated carbocycles. The second-order valence-electron chi connectivity index (χ2n) is 6.13. The van der Waals surface area contributed by atoms with E-state index >= 15 is 0 Å². The quantitative estimate of drug-likeness (QED) is 0.816. The molecule has 0 aromatic carbocycles. The maximum Gasteiger partial charge on any atom is 0.0546 e. The van der Waals surface area contributed by atoms with Crippen LogP contribution in [0.5, 0.6) is 0 Å². The minimum absolute atomic E-state index is 0.255. The molecule has 114 valence electrons. The van der Waals surface area contributed by atoms with Gasteiger partial charge in [-0.2, -0.15) is 5.10 Å². The monoisotopic (exact) mass is 280 g/mol. The summed E-state index contributed by atoms with van der Waals surface area (Å²) in [6.07, 6.45) is 6.46. The summed E-state index contributed by atoms with van der Waals surface area (Å²) < 4.78 is 7.62. The standard InChI is InChI=1S/C15H28N4O/c1-4-16-11-15(6-5-7-20-13-15)12-18(2)9-14-8-17-19(3)10-14/h8,10,16H,4-7,9,11-13H2,1-3H3. The van der Waals surface area contributed by atoms with Crippen molar-refractivity contribution in [3.63, 3.8) is 0 Å². The van der Waals surface area contributed by atoms with Gasteiger partial charge in [0, 0.05) is 50.5 Å². The first-order valence-electron chi connectivity index (χ1n) is 7.58. The number of aryl methyl sites for hydroxylation is 1. The molecule has 1 aromatic heterocycles. The van der Waals surface area contributed by atoms with Crippen LogP contribution in [0.1, 0.15) is 25.3 Å². The Bertz CT molecular complexity index is 398. The van der Waals surface area contributed by atoms with Gasteiger partial charge in [0.25, 0.3) is 0 Å². The summed E-state index contributed by atoms with van der Waals surface area (Å²) in [6.45, 7) is 8.03. The third-order valence-corrected chi connectivity index (χ3v) is 3.97. The van der Waals surface area contributed by atoms with Gasteiger partial charge >= 0.3 is 0 Å². The second-order valence-corrected chi connectivity index (χ2v) is 6.13. The molecule has 0 amide bonds. The van der Waals surface area contributed by atoms with Crippen LogP contribution in [-0.2, 0) is 18.3 Å². The van der Waals surface area contributed by atoms with Gasteiger partial charge in [0.2, 0.25) is 0 Å². The van der Waals surface area contributed by atoms with Crippen molar-refractivity contribution >= 4 is 0 Å². The van der Waals surface area contributed by atoms with E-state index in [1.807, 2.05) is 17.9 Å². The Morgan fingerprint density at radius 2 is 2.40 bits per heavy atom. The van der Waals surface area contributed by atoms with Gasteiger partial charge in [-0.3, -0.25) is 4.68 Å². The second kappa shape index (κ2) is 7.20. The van der Waals surface area contributed by atoms with Gasteiger partial charge in [0.1, 0.15) is 0 Å². The first-order chi connectivity index (χ1) is 9.63. The molecule has 1 N–H and O–H groups in total. The third kappa shape index (κ3) is 4.30. The highest BCUT2D eigenvalue weighted by Gasteiger charge is 2.33. The molecule has 0 radical (unpaired) electrons. The van der Waals surface area contributed by atoms with Gasteiger partial charge in [0.05, 0.1) is 12.8 Å². The highest BCUT2D eigenvalue weighted by Crippen LogP contribution is 2.29. The predicted octanol–water partition coefficient (Wildman–Crippen LogP) is 1.26. The fraction of sp³-hybridized carbons (Fsp3) is 0.800. The molecule has 5 nitrogen and oxygen atoms in total. The molecule has 1 atom stereocenters.